The van der Waals surface area contributed by atoms with E-state index in [4.69, 9.17) is 11.6 Å². The first kappa shape index (κ1) is 22.8. The minimum absolute atomic E-state index is 0.122. The van der Waals surface area contributed by atoms with Gasteiger partial charge in [0.05, 0.1) is 12.2 Å². The summed E-state index contributed by atoms with van der Waals surface area (Å²) in [6, 6.07) is 22.8. The van der Waals surface area contributed by atoms with Crippen LogP contribution in [-0.2, 0) is 16.2 Å². The molecule has 2 heterocycles. The van der Waals surface area contributed by atoms with Crippen LogP contribution in [0.25, 0.3) is 0 Å². The molecule has 5 nitrogen and oxygen atoms in total. The van der Waals surface area contributed by atoms with Crippen molar-refractivity contribution in [1.29, 1.82) is 0 Å². The molecule has 7 heteroatoms. The van der Waals surface area contributed by atoms with Crippen molar-refractivity contribution in [3.05, 3.63) is 94.5 Å². The highest BCUT2D eigenvalue weighted by atomic mass is 35.5. The van der Waals surface area contributed by atoms with Crippen LogP contribution in [-0.4, -0.2) is 28.1 Å². The molecule has 34 heavy (non-hydrogen) atoms. The highest BCUT2D eigenvalue weighted by Gasteiger charge is 2.63. The van der Waals surface area contributed by atoms with E-state index in [9.17, 15) is 9.59 Å². The molecule has 3 aromatic rings. The summed E-state index contributed by atoms with van der Waals surface area (Å²) in [5.74, 6) is -0.122. The van der Waals surface area contributed by atoms with Crippen LogP contribution in [0.4, 0.5) is 16.2 Å². The molecule has 2 aliphatic rings. The third kappa shape index (κ3) is 3.85. The van der Waals surface area contributed by atoms with Gasteiger partial charge >= 0.3 is 6.03 Å². The van der Waals surface area contributed by atoms with Crippen molar-refractivity contribution >= 4 is 46.7 Å². The molecule has 0 aliphatic carbocycles. The van der Waals surface area contributed by atoms with E-state index in [2.05, 4.69) is 19.2 Å². The number of benzene rings is 3. The minimum Gasteiger partial charge on any atom is -0.308 e. The first-order valence-electron chi connectivity index (χ1n) is 11.2. The number of aryl methyl sites for hydroxylation is 1. The van der Waals surface area contributed by atoms with Gasteiger partial charge in [-0.2, -0.15) is 0 Å². The van der Waals surface area contributed by atoms with Gasteiger partial charge in [0.2, 0.25) is 0 Å². The summed E-state index contributed by atoms with van der Waals surface area (Å²) >= 11 is 7.94. The van der Waals surface area contributed by atoms with Crippen LogP contribution >= 0.6 is 23.4 Å². The van der Waals surface area contributed by atoms with Gasteiger partial charge in [0.25, 0.3) is 5.91 Å². The van der Waals surface area contributed by atoms with Gasteiger partial charge in [-0.05, 0) is 62.2 Å². The lowest BCUT2D eigenvalue weighted by Gasteiger charge is -2.33. The molecule has 0 unspecified atom stereocenters. The highest BCUT2D eigenvalue weighted by molar-refractivity contribution is 8.02. The molecule has 5 rings (SSSR count). The van der Waals surface area contributed by atoms with E-state index in [1.54, 1.807) is 15.9 Å². The molecule has 0 bridgehead atoms. The van der Waals surface area contributed by atoms with E-state index in [1.165, 1.54) is 11.8 Å². The Balaban J connectivity index is 1.59. The lowest BCUT2D eigenvalue weighted by atomic mass is 10.0. The van der Waals surface area contributed by atoms with Crippen molar-refractivity contribution in [2.75, 3.05) is 16.8 Å². The lowest BCUT2D eigenvalue weighted by Crippen LogP contribution is -2.51. The average molecular weight is 492 g/mol. The van der Waals surface area contributed by atoms with E-state index >= 15 is 0 Å². The zero-order valence-electron chi connectivity index (χ0n) is 19.3. The van der Waals surface area contributed by atoms with Gasteiger partial charge < -0.3 is 10.2 Å². The topological polar surface area (TPSA) is 52.7 Å². The van der Waals surface area contributed by atoms with Crippen LogP contribution in [0.5, 0.6) is 0 Å². The van der Waals surface area contributed by atoms with Gasteiger partial charge in [-0.1, -0.05) is 54.1 Å². The molecule has 1 fully saturated rings. The third-order valence-corrected chi connectivity index (χ3v) is 8.02. The molecule has 1 saturated heterocycles. The van der Waals surface area contributed by atoms with E-state index in [1.807, 2.05) is 73.7 Å². The van der Waals surface area contributed by atoms with Crippen molar-refractivity contribution in [1.82, 2.24) is 4.90 Å². The van der Waals surface area contributed by atoms with E-state index in [0.29, 0.717) is 23.8 Å². The molecule has 0 radical (unpaired) electrons. The number of halogens is 1. The SMILES string of the molecule is Cc1cccc(NC(=O)N2CC(C)(C)S[C@]23C(=O)N(Cc2ccccc2)c2ccc(Cl)cc23)c1. The summed E-state index contributed by atoms with van der Waals surface area (Å²) in [7, 11) is 0. The minimum atomic E-state index is -1.19. The molecule has 1 N–H and O–H groups in total. The second-order valence-corrected chi connectivity index (χ2v) is 11.8. The molecule has 3 aromatic carbocycles. The average Bonchev–Trinajstić information content (AvgIpc) is 3.21. The fourth-order valence-corrected chi connectivity index (χ4v) is 6.71. The second-order valence-electron chi connectivity index (χ2n) is 9.43. The van der Waals surface area contributed by atoms with Crippen molar-refractivity contribution in [2.45, 2.75) is 36.9 Å². The molecule has 1 spiro atoms. The van der Waals surface area contributed by atoms with Crippen molar-refractivity contribution in [3.63, 3.8) is 0 Å². The largest absolute Gasteiger partial charge is 0.323 e. The van der Waals surface area contributed by atoms with Crippen LogP contribution in [0.15, 0.2) is 72.8 Å². The van der Waals surface area contributed by atoms with Gasteiger partial charge in [-0.15, -0.1) is 11.8 Å². The van der Waals surface area contributed by atoms with E-state index < -0.39 is 4.87 Å². The quantitative estimate of drug-likeness (QED) is 0.460. The summed E-state index contributed by atoms with van der Waals surface area (Å²) in [5.41, 5.74) is 4.32. The number of thioether (sulfide) groups is 1. The normalized spacial score (nSPS) is 20.6. The Morgan fingerprint density at radius 3 is 2.56 bits per heavy atom. The Morgan fingerprint density at radius 2 is 1.82 bits per heavy atom. The first-order chi connectivity index (χ1) is 16.2. The third-order valence-electron chi connectivity index (χ3n) is 6.19. The molecular weight excluding hydrogens is 466 g/mol. The van der Waals surface area contributed by atoms with Crippen LogP contribution in [0.2, 0.25) is 5.02 Å². The Morgan fingerprint density at radius 1 is 1.06 bits per heavy atom. The van der Waals surface area contributed by atoms with Crippen molar-refractivity contribution < 1.29 is 9.59 Å². The number of urea groups is 1. The van der Waals surface area contributed by atoms with Crippen molar-refractivity contribution in [2.24, 2.45) is 0 Å². The van der Waals surface area contributed by atoms with Gasteiger partial charge in [0.1, 0.15) is 0 Å². The second kappa shape index (κ2) is 8.36. The Bertz CT molecular complexity index is 1280. The maximum atomic E-state index is 14.3. The zero-order chi connectivity index (χ0) is 24.1. The number of anilines is 2. The number of nitrogens with one attached hydrogen (secondary N) is 1. The van der Waals surface area contributed by atoms with Crippen LogP contribution in [0.1, 0.15) is 30.5 Å². The number of fused-ring (bicyclic) bond motifs is 2. The predicted molar refractivity (Wildman–Crippen MR) is 139 cm³/mol. The number of carbonyl (C=O) groups is 2. The lowest BCUT2D eigenvalue weighted by molar-refractivity contribution is -0.123. The molecule has 1 atom stereocenters. The molecule has 0 aromatic heterocycles. The number of hydrogen-bond donors (Lipinski definition) is 1. The van der Waals surface area contributed by atoms with Gasteiger partial charge in [0.15, 0.2) is 4.87 Å². The Labute approximate surface area is 209 Å². The van der Waals surface area contributed by atoms with Gasteiger partial charge in [-0.25, -0.2) is 4.79 Å². The standard InChI is InChI=1S/C27H26ClN3O2S/c1-18-8-7-11-21(14-18)29-25(33)31-17-26(2,3)34-27(31)22-15-20(28)12-13-23(22)30(24(27)32)16-19-9-5-4-6-10-19/h4-15H,16-17H2,1-3H3,(H,29,33)/t27-/m1/s1. The molecule has 2 aliphatic heterocycles. The fourth-order valence-electron chi connectivity index (χ4n) is 4.81. The number of rotatable bonds is 3. The van der Waals surface area contributed by atoms with E-state index in [0.717, 1.165) is 22.4 Å². The van der Waals surface area contributed by atoms with Crippen molar-refractivity contribution in [3.8, 4) is 0 Å². The van der Waals surface area contributed by atoms with Gasteiger partial charge in [0, 0.05) is 27.6 Å². The smallest absolute Gasteiger partial charge is 0.308 e. The van der Waals surface area contributed by atoms with Gasteiger partial charge in [-0.3, -0.25) is 9.69 Å². The number of carbonyl (C=O) groups excluding carboxylic acids is 2. The molecular formula is C27H26ClN3O2S. The number of hydrogen-bond acceptors (Lipinski definition) is 3. The summed E-state index contributed by atoms with van der Waals surface area (Å²) in [4.78, 5) is 30.2. The fraction of sp³-hybridized carbons (Fsp3) is 0.259. The monoisotopic (exact) mass is 491 g/mol. The summed E-state index contributed by atoms with van der Waals surface area (Å²) in [6.07, 6.45) is 0. The summed E-state index contributed by atoms with van der Waals surface area (Å²) in [5, 5.41) is 3.55. The molecule has 3 amide bonds. The summed E-state index contributed by atoms with van der Waals surface area (Å²) < 4.78 is -0.331. The zero-order valence-corrected chi connectivity index (χ0v) is 20.9. The van der Waals surface area contributed by atoms with Crippen LogP contribution < -0.4 is 10.2 Å². The van der Waals surface area contributed by atoms with E-state index in [-0.39, 0.29) is 16.7 Å². The Hall–Kier alpha value is -2.96. The highest BCUT2D eigenvalue weighted by Crippen LogP contribution is 2.60. The first-order valence-corrected chi connectivity index (χ1v) is 12.4. The Kier molecular flexibility index (Phi) is 5.61. The number of amides is 3. The molecule has 0 saturated carbocycles. The predicted octanol–water partition coefficient (Wildman–Crippen LogP) is 6.41. The number of nitrogens with zero attached hydrogens (tertiary/aromatic N) is 2. The molecule has 174 valence electrons. The maximum Gasteiger partial charge on any atom is 0.323 e. The maximum absolute atomic E-state index is 14.3. The van der Waals surface area contributed by atoms with Crippen LogP contribution in [0.3, 0.4) is 0 Å². The van der Waals surface area contributed by atoms with Crippen LogP contribution in [0, 0.1) is 6.92 Å². The summed E-state index contributed by atoms with van der Waals surface area (Å²) in [6.45, 7) is 6.95.